The SMILES string of the molecule is CCOCCOC(=O)C1=C(C)NC2=C(C(=O)CC(C)(C)C2)[C@@H]1c1ccc(CC)cc1. The number of hydrogen-bond acceptors (Lipinski definition) is 5. The lowest BCUT2D eigenvalue weighted by Gasteiger charge is -2.39. The molecule has 5 nitrogen and oxygen atoms in total. The molecule has 1 aromatic carbocycles. The van der Waals surface area contributed by atoms with Crippen LogP contribution in [0.4, 0.5) is 0 Å². The highest BCUT2D eigenvalue weighted by Gasteiger charge is 2.43. The first kappa shape index (κ1) is 22.3. The smallest absolute Gasteiger partial charge is 0.336 e. The summed E-state index contributed by atoms with van der Waals surface area (Å²) in [6.07, 6.45) is 2.19. The molecule has 1 aliphatic heterocycles. The third kappa shape index (κ3) is 4.67. The molecule has 0 saturated carbocycles. The van der Waals surface area contributed by atoms with Crippen LogP contribution in [0.15, 0.2) is 46.8 Å². The highest BCUT2D eigenvalue weighted by Crippen LogP contribution is 2.46. The summed E-state index contributed by atoms with van der Waals surface area (Å²) >= 11 is 0. The van der Waals surface area contributed by atoms with Crippen molar-refractivity contribution in [3.05, 3.63) is 57.9 Å². The fourth-order valence-corrected chi connectivity index (χ4v) is 4.40. The molecule has 2 aliphatic rings. The average Bonchev–Trinajstić information content (AvgIpc) is 2.69. The molecule has 0 saturated heterocycles. The Balaban J connectivity index is 2.02. The summed E-state index contributed by atoms with van der Waals surface area (Å²) in [5.74, 6) is -0.700. The zero-order valence-electron chi connectivity index (χ0n) is 18.8. The predicted molar refractivity (Wildman–Crippen MR) is 117 cm³/mol. The van der Waals surface area contributed by atoms with E-state index in [1.807, 2.05) is 26.0 Å². The third-order valence-electron chi connectivity index (χ3n) is 5.85. The first-order valence-corrected chi connectivity index (χ1v) is 10.8. The molecule has 30 heavy (non-hydrogen) atoms. The van der Waals surface area contributed by atoms with Crippen LogP contribution in [0.3, 0.4) is 0 Å². The summed E-state index contributed by atoms with van der Waals surface area (Å²) in [5, 5.41) is 3.37. The molecule has 0 spiro atoms. The molecule has 1 aromatic rings. The lowest BCUT2D eigenvalue weighted by Crippen LogP contribution is -2.38. The fourth-order valence-electron chi connectivity index (χ4n) is 4.40. The molecule has 0 unspecified atom stereocenters. The first-order valence-electron chi connectivity index (χ1n) is 10.8. The highest BCUT2D eigenvalue weighted by molar-refractivity contribution is 6.04. The van der Waals surface area contributed by atoms with Gasteiger partial charge in [0.25, 0.3) is 0 Å². The normalized spacial score (nSPS) is 20.7. The van der Waals surface area contributed by atoms with Gasteiger partial charge in [-0.1, -0.05) is 45.0 Å². The zero-order valence-corrected chi connectivity index (χ0v) is 18.8. The van der Waals surface area contributed by atoms with Crippen molar-refractivity contribution in [2.45, 2.75) is 59.8 Å². The van der Waals surface area contributed by atoms with E-state index in [2.05, 4.69) is 38.2 Å². The van der Waals surface area contributed by atoms with Crippen LogP contribution in [-0.4, -0.2) is 31.6 Å². The van der Waals surface area contributed by atoms with Crippen LogP contribution in [0.25, 0.3) is 0 Å². The maximum Gasteiger partial charge on any atom is 0.336 e. The van der Waals surface area contributed by atoms with Gasteiger partial charge < -0.3 is 14.8 Å². The van der Waals surface area contributed by atoms with Gasteiger partial charge in [-0.05, 0) is 43.2 Å². The second-order valence-corrected chi connectivity index (χ2v) is 8.86. The van der Waals surface area contributed by atoms with E-state index in [0.717, 1.165) is 29.8 Å². The summed E-state index contributed by atoms with van der Waals surface area (Å²) in [6, 6.07) is 8.21. The molecule has 1 aliphatic carbocycles. The monoisotopic (exact) mass is 411 g/mol. The summed E-state index contributed by atoms with van der Waals surface area (Å²) in [4.78, 5) is 26.3. The van der Waals surface area contributed by atoms with E-state index in [9.17, 15) is 9.59 Å². The molecule has 0 bridgehead atoms. The van der Waals surface area contributed by atoms with Crippen molar-refractivity contribution < 1.29 is 19.1 Å². The number of nitrogens with one attached hydrogen (secondary N) is 1. The van der Waals surface area contributed by atoms with E-state index in [0.29, 0.717) is 30.8 Å². The van der Waals surface area contributed by atoms with Crippen LogP contribution in [0.2, 0.25) is 0 Å². The number of esters is 1. The van der Waals surface area contributed by atoms with E-state index in [-0.39, 0.29) is 17.8 Å². The zero-order chi connectivity index (χ0) is 21.9. The van der Waals surface area contributed by atoms with E-state index in [4.69, 9.17) is 9.47 Å². The number of carbonyl (C=O) groups is 2. The Bertz CT molecular complexity index is 877. The molecule has 1 heterocycles. The lowest BCUT2D eigenvalue weighted by molar-refractivity contribution is -0.140. The molecule has 1 N–H and O–H groups in total. The van der Waals surface area contributed by atoms with Gasteiger partial charge in [-0.3, -0.25) is 4.79 Å². The van der Waals surface area contributed by atoms with E-state index in [1.165, 1.54) is 5.56 Å². The number of benzene rings is 1. The average molecular weight is 412 g/mol. The van der Waals surface area contributed by atoms with E-state index < -0.39 is 11.9 Å². The Morgan fingerprint density at radius 3 is 2.47 bits per heavy atom. The van der Waals surface area contributed by atoms with Crippen LogP contribution >= 0.6 is 0 Å². The van der Waals surface area contributed by atoms with Crippen molar-refractivity contribution in [2.75, 3.05) is 19.8 Å². The molecule has 0 fully saturated rings. The van der Waals surface area contributed by atoms with Crippen molar-refractivity contribution in [2.24, 2.45) is 5.41 Å². The topological polar surface area (TPSA) is 64.6 Å². The second kappa shape index (κ2) is 9.17. The predicted octanol–water partition coefficient (Wildman–Crippen LogP) is 4.43. The second-order valence-electron chi connectivity index (χ2n) is 8.86. The summed E-state index contributed by atoms with van der Waals surface area (Å²) in [7, 11) is 0. The van der Waals surface area contributed by atoms with Crippen molar-refractivity contribution in [3.8, 4) is 0 Å². The largest absolute Gasteiger partial charge is 0.460 e. The number of ether oxygens (including phenoxy) is 2. The van der Waals surface area contributed by atoms with Gasteiger partial charge in [0.2, 0.25) is 0 Å². The number of rotatable bonds is 7. The molecule has 3 rings (SSSR count). The third-order valence-corrected chi connectivity index (χ3v) is 5.85. The van der Waals surface area contributed by atoms with Gasteiger partial charge in [-0.2, -0.15) is 0 Å². The molecule has 0 radical (unpaired) electrons. The van der Waals surface area contributed by atoms with E-state index >= 15 is 0 Å². The Morgan fingerprint density at radius 2 is 1.83 bits per heavy atom. The van der Waals surface area contributed by atoms with Gasteiger partial charge in [-0.25, -0.2) is 4.79 Å². The van der Waals surface area contributed by atoms with E-state index in [1.54, 1.807) is 0 Å². The number of carbonyl (C=O) groups excluding carboxylic acids is 2. The van der Waals surface area contributed by atoms with Crippen molar-refractivity contribution in [1.29, 1.82) is 0 Å². The molecule has 0 amide bonds. The minimum Gasteiger partial charge on any atom is -0.460 e. The number of aryl methyl sites for hydroxylation is 1. The molecule has 1 atom stereocenters. The Morgan fingerprint density at radius 1 is 1.13 bits per heavy atom. The number of dihydropyridines is 1. The summed E-state index contributed by atoms with van der Waals surface area (Å²) < 4.78 is 10.8. The molecule has 162 valence electrons. The molecular weight excluding hydrogens is 378 g/mol. The summed E-state index contributed by atoms with van der Waals surface area (Å²) in [5.41, 5.74) is 4.98. The van der Waals surface area contributed by atoms with Gasteiger partial charge in [0.05, 0.1) is 12.2 Å². The minimum atomic E-state index is -0.407. The molecule has 5 heteroatoms. The molecular formula is C25H33NO4. The van der Waals surface area contributed by atoms with Gasteiger partial charge >= 0.3 is 5.97 Å². The summed E-state index contributed by atoms with van der Waals surface area (Å²) in [6.45, 7) is 11.3. The number of ketones is 1. The van der Waals surface area contributed by atoms with Crippen LogP contribution in [0.5, 0.6) is 0 Å². The quantitative estimate of drug-likeness (QED) is 0.531. The Hall–Kier alpha value is -2.40. The van der Waals surface area contributed by atoms with Gasteiger partial charge in [0.15, 0.2) is 5.78 Å². The van der Waals surface area contributed by atoms with Crippen LogP contribution in [0, 0.1) is 5.41 Å². The van der Waals surface area contributed by atoms with Gasteiger partial charge in [-0.15, -0.1) is 0 Å². The molecule has 0 aromatic heterocycles. The fraction of sp³-hybridized carbons (Fsp3) is 0.520. The Labute approximate surface area is 179 Å². The van der Waals surface area contributed by atoms with Crippen molar-refractivity contribution in [1.82, 2.24) is 5.32 Å². The van der Waals surface area contributed by atoms with Crippen LogP contribution < -0.4 is 5.32 Å². The van der Waals surface area contributed by atoms with Gasteiger partial charge in [0, 0.05) is 35.9 Å². The maximum atomic E-state index is 13.2. The number of hydrogen-bond donors (Lipinski definition) is 1. The van der Waals surface area contributed by atoms with Crippen molar-refractivity contribution in [3.63, 3.8) is 0 Å². The van der Waals surface area contributed by atoms with Gasteiger partial charge in [0.1, 0.15) is 6.61 Å². The first-order chi connectivity index (χ1) is 14.3. The van der Waals surface area contributed by atoms with Crippen molar-refractivity contribution >= 4 is 11.8 Å². The minimum absolute atomic E-state index is 0.102. The Kier molecular flexibility index (Phi) is 6.81. The maximum absolute atomic E-state index is 13.2. The number of allylic oxidation sites excluding steroid dienone is 3. The standard InChI is InChI=1S/C25H33NO4/c1-6-17-8-10-18(11-9-17)22-21(24(28)30-13-12-29-7-2)16(3)26-19-14-25(4,5)15-20(27)23(19)22/h8-11,22,26H,6-7,12-15H2,1-5H3/t22-/m1/s1. The lowest BCUT2D eigenvalue weighted by atomic mass is 9.68. The highest BCUT2D eigenvalue weighted by atomic mass is 16.6. The van der Waals surface area contributed by atoms with Crippen LogP contribution in [-0.2, 0) is 25.5 Å². The van der Waals surface area contributed by atoms with Crippen LogP contribution in [0.1, 0.15) is 64.5 Å². The number of Topliss-reactive ketones (excluding diaryl/α,β-unsaturated/α-hetero) is 1.